The summed E-state index contributed by atoms with van der Waals surface area (Å²) >= 11 is 1.70. The zero-order valence-corrected chi connectivity index (χ0v) is 24.3. The second-order valence-electron chi connectivity index (χ2n) is 10.9. The van der Waals surface area contributed by atoms with E-state index in [-0.39, 0.29) is 0 Å². The summed E-state index contributed by atoms with van der Waals surface area (Å²) in [7, 11) is 0. The summed E-state index contributed by atoms with van der Waals surface area (Å²) in [6, 6.07) is 48.2. The van der Waals surface area contributed by atoms with Gasteiger partial charge in [-0.25, -0.2) is 15.0 Å². The van der Waals surface area contributed by atoms with Crippen molar-refractivity contribution in [2.75, 3.05) is 0 Å². The molecule has 0 N–H and O–H groups in total. The van der Waals surface area contributed by atoms with Gasteiger partial charge in [-0.2, -0.15) is 0 Å². The molecule has 0 aliphatic heterocycles. The number of rotatable bonds is 4. The maximum absolute atomic E-state index is 6.28. The molecule has 0 aliphatic rings. The Labute approximate surface area is 256 Å². The van der Waals surface area contributed by atoms with Crippen molar-refractivity contribution < 1.29 is 4.42 Å². The fraction of sp³-hybridized carbons (Fsp3) is 0. The van der Waals surface area contributed by atoms with Crippen LogP contribution < -0.4 is 0 Å². The molecule has 9 aromatic rings. The quantitative estimate of drug-likeness (QED) is 0.207. The van der Waals surface area contributed by atoms with Gasteiger partial charge in [0.15, 0.2) is 17.5 Å². The van der Waals surface area contributed by atoms with Crippen LogP contribution in [0.2, 0.25) is 0 Å². The summed E-state index contributed by atoms with van der Waals surface area (Å²) < 4.78 is 7.49. The highest BCUT2D eigenvalue weighted by Crippen LogP contribution is 2.38. The largest absolute Gasteiger partial charge is 0.456 e. The van der Waals surface area contributed by atoms with Crippen LogP contribution in [0.5, 0.6) is 0 Å². The van der Waals surface area contributed by atoms with E-state index in [2.05, 4.69) is 115 Å². The predicted molar refractivity (Wildman–Crippen MR) is 182 cm³/mol. The molecule has 206 valence electrons. The van der Waals surface area contributed by atoms with Crippen LogP contribution in [0.15, 0.2) is 144 Å². The molecule has 5 heteroatoms. The summed E-state index contributed by atoms with van der Waals surface area (Å²) in [5.74, 6) is 1.93. The van der Waals surface area contributed by atoms with E-state index in [1.807, 2.05) is 24.3 Å². The number of nitrogens with zero attached hydrogens (tertiary/aromatic N) is 3. The first kappa shape index (κ1) is 24.9. The molecule has 4 nitrogen and oxygen atoms in total. The van der Waals surface area contributed by atoms with Crippen molar-refractivity contribution in [3.8, 4) is 44.6 Å². The average molecular weight is 582 g/mol. The molecule has 0 radical (unpaired) electrons. The van der Waals surface area contributed by atoms with Gasteiger partial charge in [0.1, 0.15) is 11.2 Å². The van der Waals surface area contributed by atoms with Crippen LogP contribution >= 0.6 is 11.3 Å². The molecule has 3 heterocycles. The van der Waals surface area contributed by atoms with Crippen molar-refractivity contribution >= 4 is 54.1 Å². The van der Waals surface area contributed by atoms with E-state index >= 15 is 0 Å². The summed E-state index contributed by atoms with van der Waals surface area (Å²) in [6.45, 7) is 0. The third-order valence-corrected chi connectivity index (χ3v) is 9.24. The van der Waals surface area contributed by atoms with Crippen molar-refractivity contribution in [2.45, 2.75) is 0 Å². The second-order valence-corrected chi connectivity index (χ2v) is 12.0. The standard InChI is InChI=1S/C39H23N3OS/c1-2-10-24(11-3-1)29-15-7-8-16-30(29)38-40-37(41-39(42-38)36-23-27-14-6-9-17-35(27)44-36)28-18-19-33-31(21-28)32-20-25-12-4-5-13-26(25)22-34(32)43-33/h1-23H. The first-order valence-electron chi connectivity index (χ1n) is 14.5. The van der Waals surface area contributed by atoms with Gasteiger partial charge in [-0.05, 0) is 69.8 Å². The van der Waals surface area contributed by atoms with E-state index in [1.54, 1.807) is 11.3 Å². The normalized spacial score (nSPS) is 11.6. The smallest absolute Gasteiger partial charge is 0.174 e. The molecule has 6 aromatic carbocycles. The SMILES string of the molecule is c1ccc(-c2ccccc2-c2nc(-c3ccc4oc5cc6ccccc6cc5c4c3)nc(-c3cc4ccccc4s3)n2)cc1. The van der Waals surface area contributed by atoms with E-state index in [1.165, 1.54) is 15.5 Å². The van der Waals surface area contributed by atoms with Gasteiger partial charge in [0, 0.05) is 26.6 Å². The highest BCUT2D eigenvalue weighted by molar-refractivity contribution is 7.22. The van der Waals surface area contributed by atoms with Crippen LogP contribution in [-0.4, -0.2) is 15.0 Å². The van der Waals surface area contributed by atoms with Gasteiger partial charge < -0.3 is 4.42 Å². The Morgan fingerprint density at radius 2 is 1.09 bits per heavy atom. The van der Waals surface area contributed by atoms with Crippen LogP contribution in [0.1, 0.15) is 0 Å². The molecular weight excluding hydrogens is 559 g/mol. The summed E-state index contributed by atoms with van der Waals surface area (Å²) in [4.78, 5) is 16.3. The lowest BCUT2D eigenvalue weighted by molar-refractivity contribution is 0.669. The van der Waals surface area contributed by atoms with Gasteiger partial charge >= 0.3 is 0 Å². The average Bonchev–Trinajstić information content (AvgIpc) is 3.68. The molecule has 3 aromatic heterocycles. The first-order valence-corrected chi connectivity index (χ1v) is 15.3. The van der Waals surface area contributed by atoms with E-state index in [4.69, 9.17) is 19.4 Å². The van der Waals surface area contributed by atoms with E-state index in [0.717, 1.165) is 54.5 Å². The molecule has 0 saturated heterocycles. The molecule has 44 heavy (non-hydrogen) atoms. The van der Waals surface area contributed by atoms with Crippen LogP contribution in [0.4, 0.5) is 0 Å². The third kappa shape index (κ3) is 4.17. The summed E-state index contributed by atoms with van der Waals surface area (Å²) in [5.41, 5.74) is 5.78. The molecule has 0 fully saturated rings. The maximum atomic E-state index is 6.28. The fourth-order valence-corrected chi connectivity index (χ4v) is 6.97. The lowest BCUT2D eigenvalue weighted by atomic mass is 9.99. The van der Waals surface area contributed by atoms with Crippen LogP contribution in [-0.2, 0) is 0 Å². The van der Waals surface area contributed by atoms with Crippen LogP contribution in [0.25, 0.3) is 87.4 Å². The number of aromatic nitrogens is 3. The van der Waals surface area contributed by atoms with E-state index < -0.39 is 0 Å². The number of hydrogen-bond acceptors (Lipinski definition) is 5. The number of hydrogen-bond donors (Lipinski definition) is 0. The Balaban J connectivity index is 1.27. The molecule has 9 rings (SSSR count). The fourth-order valence-electron chi connectivity index (χ4n) is 5.98. The monoisotopic (exact) mass is 581 g/mol. The van der Waals surface area contributed by atoms with Crippen LogP contribution in [0.3, 0.4) is 0 Å². The lowest BCUT2D eigenvalue weighted by Crippen LogP contribution is -2.00. The Bertz CT molecular complexity index is 2480. The molecule has 0 saturated carbocycles. The highest BCUT2D eigenvalue weighted by atomic mass is 32.1. The Hall–Kier alpha value is -5.65. The van der Waals surface area contributed by atoms with Gasteiger partial charge in [-0.1, -0.05) is 97.1 Å². The molecule has 0 bridgehead atoms. The molecule has 0 unspecified atom stereocenters. The lowest BCUT2D eigenvalue weighted by Gasteiger charge is -2.11. The second kappa shape index (κ2) is 9.97. The highest BCUT2D eigenvalue weighted by Gasteiger charge is 2.18. The van der Waals surface area contributed by atoms with Crippen molar-refractivity contribution in [1.29, 1.82) is 0 Å². The number of fused-ring (bicyclic) bond motifs is 5. The van der Waals surface area contributed by atoms with Gasteiger partial charge in [-0.15, -0.1) is 11.3 Å². The number of furan rings is 1. The maximum Gasteiger partial charge on any atom is 0.174 e. The molecular formula is C39H23N3OS. The van der Waals surface area contributed by atoms with Gasteiger partial charge in [0.25, 0.3) is 0 Å². The van der Waals surface area contributed by atoms with Crippen molar-refractivity contribution in [3.05, 3.63) is 140 Å². The van der Waals surface area contributed by atoms with E-state index in [0.29, 0.717) is 17.5 Å². The minimum absolute atomic E-state index is 0.627. The van der Waals surface area contributed by atoms with Gasteiger partial charge in [0.2, 0.25) is 0 Å². The predicted octanol–water partition coefficient (Wildman–Crippen LogP) is 10.8. The van der Waals surface area contributed by atoms with Crippen LogP contribution in [0, 0.1) is 0 Å². The molecule has 0 amide bonds. The number of benzene rings is 6. The molecule has 0 aliphatic carbocycles. The molecule has 0 spiro atoms. The minimum atomic E-state index is 0.627. The Morgan fingerprint density at radius 1 is 0.432 bits per heavy atom. The van der Waals surface area contributed by atoms with Crippen molar-refractivity contribution in [3.63, 3.8) is 0 Å². The summed E-state index contributed by atoms with van der Waals surface area (Å²) in [5, 5.41) is 5.64. The van der Waals surface area contributed by atoms with Crippen molar-refractivity contribution in [2.24, 2.45) is 0 Å². The van der Waals surface area contributed by atoms with Gasteiger partial charge in [0.05, 0.1) is 4.88 Å². The van der Waals surface area contributed by atoms with Gasteiger partial charge in [-0.3, -0.25) is 0 Å². The van der Waals surface area contributed by atoms with E-state index in [9.17, 15) is 0 Å². The number of thiophene rings is 1. The zero-order valence-electron chi connectivity index (χ0n) is 23.4. The zero-order chi connectivity index (χ0) is 29.0. The molecule has 0 atom stereocenters. The third-order valence-electron chi connectivity index (χ3n) is 8.13. The van der Waals surface area contributed by atoms with Crippen molar-refractivity contribution in [1.82, 2.24) is 15.0 Å². The Morgan fingerprint density at radius 3 is 1.93 bits per heavy atom. The first-order chi connectivity index (χ1) is 21.8. The minimum Gasteiger partial charge on any atom is -0.456 e. The summed E-state index contributed by atoms with van der Waals surface area (Å²) in [6.07, 6.45) is 0. The topological polar surface area (TPSA) is 51.8 Å². The Kier molecular flexibility index (Phi) is 5.64.